The van der Waals surface area contributed by atoms with Crippen molar-refractivity contribution in [2.45, 2.75) is 18.9 Å². The van der Waals surface area contributed by atoms with Crippen LogP contribution in [0.5, 0.6) is 0 Å². The number of piperidine rings is 1. The van der Waals surface area contributed by atoms with Gasteiger partial charge in [-0.3, -0.25) is 4.79 Å². The van der Waals surface area contributed by atoms with E-state index in [2.05, 4.69) is 20.6 Å². The number of nitrogens with one attached hydrogen (secondary N) is 2. The van der Waals surface area contributed by atoms with E-state index >= 15 is 0 Å². The molecule has 0 radical (unpaired) electrons. The van der Waals surface area contributed by atoms with Crippen LogP contribution in [0.1, 0.15) is 18.5 Å². The number of amides is 1. The van der Waals surface area contributed by atoms with Crippen LogP contribution in [0.15, 0.2) is 12.4 Å². The molecule has 6 nitrogen and oxygen atoms in total. The van der Waals surface area contributed by atoms with Gasteiger partial charge in [0, 0.05) is 6.54 Å². The summed E-state index contributed by atoms with van der Waals surface area (Å²) in [6.07, 6.45) is 4.77. The fourth-order valence-electron chi connectivity index (χ4n) is 1.62. The van der Waals surface area contributed by atoms with Gasteiger partial charge in [-0.05, 0) is 12.8 Å². The molecule has 0 bridgehead atoms. The van der Waals surface area contributed by atoms with Gasteiger partial charge < -0.3 is 16.4 Å². The summed E-state index contributed by atoms with van der Waals surface area (Å²) in [6.45, 7) is 0.739. The molecule has 1 aliphatic rings. The van der Waals surface area contributed by atoms with E-state index in [9.17, 15) is 4.79 Å². The van der Waals surface area contributed by atoms with E-state index in [0.717, 1.165) is 19.4 Å². The Hall–Kier alpha value is -1.76. The lowest BCUT2D eigenvalue weighted by Crippen LogP contribution is -2.44. The molecule has 1 atom stereocenters. The molecule has 1 fully saturated rings. The van der Waals surface area contributed by atoms with E-state index in [1.165, 1.54) is 12.4 Å². The fraction of sp³-hybridized carbons (Fsp3) is 0.400. The Morgan fingerprint density at radius 3 is 2.94 bits per heavy atom. The van der Waals surface area contributed by atoms with Gasteiger partial charge in [0.2, 0.25) is 5.91 Å². The van der Waals surface area contributed by atoms with Crippen LogP contribution >= 0.6 is 12.2 Å². The first-order valence-corrected chi connectivity index (χ1v) is 5.74. The fourth-order valence-corrected chi connectivity index (χ4v) is 1.72. The average molecular weight is 251 g/mol. The highest BCUT2D eigenvalue weighted by Crippen LogP contribution is 2.10. The minimum absolute atomic E-state index is 0.00327. The molecule has 1 aromatic heterocycles. The molecular formula is C10H13N5OS. The molecule has 90 valence electrons. The Morgan fingerprint density at radius 1 is 1.53 bits per heavy atom. The zero-order chi connectivity index (χ0) is 12.3. The van der Waals surface area contributed by atoms with E-state index in [-0.39, 0.29) is 16.9 Å². The highest BCUT2D eigenvalue weighted by Gasteiger charge is 2.21. The number of carbonyl (C=O) groups excluding carboxylic acids is 1. The SMILES string of the molecule is NC(=S)c1cnc(NC2CCCNC2=O)cn1. The average Bonchev–Trinajstić information content (AvgIpc) is 2.33. The van der Waals surface area contributed by atoms with Gasteiger partial charge in [0.05, 0.1) is 12.4 Å². The van der Waals surface area contributed by atoms with Crippen molar-refractivity contribution in [3.8, 4) is 0 Å². The number of nitrogens with zero attached hydrogens (tertiary/aromatic N) is 2. The standard InChI is InChI=1S/C10H13N5OS/c11-9(17)7-4-14-8(5-13-7)15-6-2-1-3-12-10(6)16/h4-6H,1-3H2,(H2,11,17)(H,12,16)(H,14,15). The number of carbonyl (C=O) groups is 1. The van der Waals surface area contributed by atoms with Gasteiger partial charge in [-0.1, -0.05) is 12.2 Å². The van der Waals surface area contributed by atoms with Gasteiger partial charge in [-0.25, -0.2) is 9.97 Å². The molecule has 1 amide bonds. The number of hydrogen-bond acceptors (Lipinski definition) is 5. The van der Waals surface area contributed by atoms with Crippen LogP contribution in [-0.2, 0) is 4.79 Å². The molecule has 0 aliphatic carbocycles. The third kappa shape index (κ3) is 2.88. The van der Waals surface area contributed by atoms with Crippen molar-refractivity contribution >= 4 is 28.9 Å². The zero-order valence-corrected chi connectivity index (χ0v) is 9.96. The molecule has 2 heterocycles. The Morgan fingerprint density at radius 2 is 2.35 bits per heavy atom. The zero-order valence-electron chi connectivity index (χ0n) is 9.14. The maximum atomic E-state index is 11.5. The maximum absolute atomic E-state index is 11.5. The highest BCUT2D eigenvalue weighted by atomic mass is 32.1. The number of aromatic nitrogens is 2. The number of thiocarbonyl (C=S) groups is 1. The summed E-state index contributed by atoms with van der Waals surface area (Å²) in [5.74, 6) is 0.545. The summed E-state index contributed by atoms with van der Waals surface area (Å²) in [5, 5.41) is 5.82. The van der Waals surface area contributed by atoms with Crippen LogP contribution < -0.4 is 16.4 Å². The lowest BCUT2D eigenvalue weighted by atomic mass is 10.1. The molecular weight excluding hydrogens is 238 g/mol. The summed E-state index contributed by atoms with van der Waals surface area (Å²) in [6, 6.07) is -0.242. The first-order chi connectivity index (χ1) is 8.16. The lowest BCUT2D eigenvalue weighted by Gasteiger charge is -2.22. The Bertz CT molecular complexity index is 433. The van der Waals surface area contributed by atoms with Gasteiger partial charge in [-0.2, -0.15) is 0 Å². The van der Waals surface area contributed by atoms with Crippen molar-refractivity contribution in [2.75, 3.05) is 11.9 Å². The second-order valence-electron chi connectivity index (χ2n) is 3.78. The summed E-state index contributed by atoms with van der Waals surface area (Å²) in [4.78, 5) is 19.9. The minimum atomic E-state index is -0.242. The van der Waals surface area contributed by atoms with Crippen LogP contribution in [-0.4, -0.2) is 33.5 Å². The van der Waals surface area contributed by atoms with E-state index in [0.29, 0.717) is 11.5 Å². The van der Waals surface area contributed by atoms with Crippen LogP contribution in [0, 0.1) is 0 Å². The topological polar surface area (TPSA) is 92.9 Å². The summed E-state index contributed by atoms with van der Waals surface area (Å²) in [7, 11) is 0. The molecule has 1 aliphatic heterocycles. The normalized spacial score (nSPS) is 19.5. The van der Waals surface area contributed by atoms with Crippen molar-refractivity contribution in [1.82, 2.24) is 15.3 Å². The molecule has 0 saturated carbocycles. The molecule has 7 heteroatoms. The van der Waals surface area contributed by atoms with Gasteiger partial charge >= 0.3 is 0 Å². The summed E-state index contributed by atoms with van der Waals surface area (Å²) >= 11 is 4.78. The van der Waals surface area contributed by atoms with Crippen LogP contribution in [0.2, 0.25) is 0 Å². The van der Waals surface area contributed by atoms with Gasteiger partial charge in [-0.15, -0.1) is 0 Å². The van der Waals surface area contributed by atoms with Crippen LogP contribution in [0.3, 0.4) is 0 Å². The van der Waals surface area contributed by atoms with Crippen molar-refractivity contribution in [3.05, 3.63) is 18.1 Å². The Balaban J connectivity index is 2.03. The lowest BCUT2D eigenvalue weighted by molar-refractivity contribution is -0.123. The van der Waals surface area contributed by atoms with Crippen molar-refractivity contribution in [1.29, 1.82) is 0 Å². The molecule has 1 unspecified atom stereocenters. The van der Waals surface area contributed by atoms with Crippen molar-refractivity contribution < 1.29 is 4.79 Å². The predicted octanol–water partition coefficient (Wildman–Crippen LogP) is -0.199. The summed E-state index contributed by atoms with van der Waals surface area (Å²) in [5.41, 5.74) is 5.89. The number of rotatable bonds is 3. The number of nitrogens with two attached hydrogens (primary N) is 1. The van der Waals surface area contributed by atoms with Gasteiger partial charge in [0.25, 0.3) is 0 Å². The van der Waals surface area contributed by atoms with Gasteiger partial charge in [0.1, 0.15) is 22.5 Å². The maximum Gasteiger partial charge on any atom is 0.242 e. The van der Waals surface area contributed by atoms with E-state index in [1.54, 1.807) is 0 Å². The molecule has 17 heavy (non-hydrogen) atoms. The first-order valence-electron chi connectivity index (χ1n) is 5.33. The minimum Gasteiger partial charge on any atom is -0.388 e. The second kappa shape index (κ2) is 5.05. The van der Waals surface area contributed by atoms with Gasteiger partial charge in [0.15, 0.2) is 0 Å². The van der Waals surface area contributed by atoms with Crippen molar-refractivity contribution in [2.24, 2.45) is 5.73 Å². The van der Waals surface area contributed by atoms with Crippen LogP contribution in [0.25, 0.3) is 0 Å². The van der Waals surface area contributed by atoms with Crippen molar-refractivity contribution in [3.63, 3.8) is 0 Å². The smallest absolute Gasteiger partial charge is 0.242 e. The highest BCUT2D eigenvalue weighted by molar-refractivity contribution is 7.80. The van der Waals surface area contributed by atoms with E-state index in [4.69, 9.17) is 18.0 Å². The molecule has 0 spiro atoms. The quantitative estimate of drug-likeness (QED) is 0.644. The first kappa shape index (κ1) is 11.7. The largest absolute Gasteiger partial charge is 0.388 e. The predicted molar refractivity (Wildman–Crippen MR) is 67.6 cm³/mol. The Kier molecular flexibility index (Phi) is 3.48. The number of anilines is 1. The monoisotopic (exact) mass is 251 g/mol. The Labute approximate surface area is 104 Å². The molecule has 1 saturated heterocycles. The molecule has 4 N–H and O–H groups in total. The number of hydrogen-bond donors (Lipinski definition) is 3. The van der Waals surface area contributed by atoms with Crippen LogP contribution in [0.4, 0.5) is 5.82 Å². The third-order valence-electron chi connectivity index (χ3n) is 2.51. The third-order valence-corrected chi connectivity index (χ3v) is 2.72. The second-order valence-corrected chi connectivity index (χ2v) is 4.22. The molecule has 1 aromatic rings. The summed E-state index contributed by atoms with van der Waals surface area (Å²) < 4.78 is 0. The molecule has 2 rings (SSSR count). The van der Waals surface area contributed by atoms with E-state index in [1.807, 2.05) is 0 Å². The van der Waals surface area contributed by atoms with E-state index < -0.39 is 0 Å². The molecule has 0 aromatic carbocycles.